The molecule has 11 heteroatoms. The average molecular weight is 525 g/mol. The molecule has 0 saturated heterocycles. The van der Waals surface area contributed by atoms with Gasteiger partial charge < -0.3 is 20.8 Å². The number of aromatic nitrogens is 2. The van der Waals surface area contributed by atoms with Gasteiger partial charge in [0.25, 0.3) is 0 Å². The lowest BCUT2D eigenvalue weighted by molar-refractivity contribution is 0.149. The summed E-state index contributed by atoms with van der Waals surface area (Å²) >= 11 is 6.69. The van der Waals surface area contributed by atoms with Crippen molar-refractivity contribution in [3.05, 3.63) is 69.8 Å². The van der Waals surface area contributed by atoms with Gasteiger partial charge in [-0.3, -0.25) is 9.99 Å². The normalized spacial score (nSPS) is 14.4. The molecule has 0 saturated carbocycles. The molecular weight excluding hydrogens is 495 g/mol. The zero-order valence-corrected chi connectivity index (χ0v) is 22.4. The molecule has 4 rings (SSSR count). The molecule has 0 bridgehead atoms. The van der Waals surface area contributed by atoms with Crippen LogP contribution in [-0.2, 0) is 4.74 Å². The summed E-state index contributed by atoms with van der Waals surface area (Å²) in [7, 11) is 3.38. The van der Waals surface area contributed by atoms with Crippen molar-refractivity contribution in [2.45, 2.75) is 33.7 Å². The number of anilines is 2. The van der Waals surface area contributed by atoms with Gasteiger partial charge in [0.05, 0.1) is 28.9 Å². The van der Waals surface area contributed by atoms with Crippen LogP contribution in [-0.4, -0.2) is 35.7 Å². The molecule has 0 amide bonds. The molecule has 1 aliphatic heterocycles. The number of nitriles is 1. The number of hydrogen-bond donors (Lipinski definition) is 4. The maximum atomic E-state index is 13.9. The summed E-state index contributed by atoms with van der Waals surface area (Å²) in [4.78, 5) is 8.45. The van der Waals surface area contributed by atoms with Crippen molar-refractivity contribution < 1.29 is 9.13 Å². The summed E-state index contributed by atoms with van der Waals surface area (Å²) in [6.45, 7) is 8.72. The lowest BCUT2D eigenvalue weighted by atomic mass is 9.96. The van der Waals surface area contributed by atoms with Gasteiger partial charge in [-0.1, -0.05) is 38.4 Å². The first-order chi connectivity index (χ1) is 17.5. The largest absolute Gasteiger partial charge is 0.480 e. The van der Waals surface area contributed by atoms with Crippen molar-refractivity contribution in [1.82, 2.24) is 25.9 Å². The SMILES string of the molecule is COC1=C([C@@H](Nc2cc(Cl)c3ncc(C#N)c(NCC(C)(C)C)c3c2)c2ccc(F)nc2C)NNN1C. The molecule has 9 nitrogen and oxygen atoms in total. The highest BCUT2D eigenvalue weighted by atomic mass is 35.5. The van der Waals surface area contributed by atoms with Gasteiger partial charge in [0.2, 0.25) is 11.8 Å². The molecule has 0 fully saturated rings. The van der Waals surface area contributed by atoms with Gasteiger partial charge in [-0.25, -0.2) is 4.98 Å². The molecule has 1 atom stereocenters. The Morgan fingerprint density at radius 1 is 1.30 bits per heavy atom. The maximum Gasteiger partial charge on any atom is 0.228 e. The first-order valence-electron chi connectivity index (χ1n) is 11.7. The molecule has 0 unspecified atom stereocenters. The Morgan fingerprint density at radius 2 is 2.05 bits per heavy atom. The van der Waals surface area contributed by atoms with Gasteiger partial charge in [-0.05, 0) is 30.5 Å². The number of nitrogens with one attached hydrogen (secondary N) is 4. The van der Waals surface area contributed by atoms with E-state index >= 15 is 0 Å². The molecule has 4 N–H and O–H groups in total. The van der Waals surface area contributed by atoms with Gasteiger partial charge in [-0.2, -0.15) is 9.65 Å². The van der Waals surface area contributed by atoms with E-state index in [1.54, 1.807) is 38.2 Å². The molecule has 1 aliphatic rings. The van der Waals surface area contributed by atoms with Crippen molar-refractivity contribution in [3.63, 3.8) is 0 Å². The monoisotopic (exact) mass is 524 g/mol. The summed E-state index contributed by atoms with van der Waals surface area (Å²) < 4.78 is 19.5. The van der Waals surface area contributed by atoms with Crippen LogP contribution in [0.5, 0.6) is 0 Å². The molecule has 37 heavy (non-hydrogen) atoms. The highest BCUT2D eigenvalue weighted by Crippen LogP contribution is 2.37. The minimum absolute atomic E-state index is 0.0175. The highest BCUT2D eigenvalue weighted by Gasteiger charge is 2.30. The first kappa shape index (κ1) is 26.3. The summed E-state index contributed by atoms with van der Waals surface area (Å²) in [5, 5.41) is 19.5. The standard InChI is InChI=1S/C26H30ClFN8O/c1-14-17(7-8-20(28)32-14)23(24-25(37-6)36(5)35-34-24)33-16-9-18-21(31-13-26(2,3)4)15(11-29)12-30-22(18)19(27)10-16/h7-10,12,23,33-35H,13H2,1-6H3,(H,30,31)/t23-/m0/s1. The van der Waals surface area contributed by atoms with E-state index in [0.29, 0.717) is 56.7 Å². The lowest BCUT2D eigenvalue weighted by Gasteiger charge is -2.24. The van der Waals surface area contributed by atoms with Crippen LogP contribution in [0.15, 0.2) is 42.0 Å². The molecule has 3 aromatic rings. The summed E-state index contributed by atoms with van der Waals surface area (Å²) in [5.74, 6) is -0.0110. The van der Waals surface area contributed by atoms with E-state index in [9.17, 15) is 9.65 Å². The number of aryl methyl sites for hydroxylation is 1. The fourth-order valence-electron chi connectivity index (χ4n) is 4.16. The topological polar surface area (TPSA) is 110 Å². The van der Waals surface area contributed by atoms with Crippen molar-refractivity contribution >= 4 is 33.9 Å². The Kier molecular flexibility index (Phi) is 7.30. The third-order valence-electron chi connectivity index (χ3n) is 5.93. The first-order valence-corrected chi connectivity index (χ1v) is 12.1. The molecule has 194 valence electrons. The Morgan fingerprint density at radius 3 is 2.70 bits per heavy atom. The summed E-state index contributed by atoms with van der Waals surface area (Å²) in [5.41, 5.74) is 10.4. The Balaban J connectivity index is 1.86. The second kappa shape index (κ2) is 10.3. The molecular formula is C26H30ClFN8O. The van der Waals surface area contributed by atoms with Crippen LogP contribution in [0.4, 0.5) is 15.8 Å². The second-order valence-electron chi connectivity index (χ2n) is 10.0. The minimum atomic E-state index is -0.561. The van der Waals surface area contributed by atoms with Crippen LogP contribution >= 0.6 is 11.6 Å². The maximum absolute atomic E-state index is 13.9. The minimum Gasteiger partial charge on any atom is -0.480 e. The third-order valence-corrected chi connectivity index (χ3v) is 6.22. The average Bonchev–Trinajstić information content (AvgIpc) is 3.20. The van der Waals surface area contributed by atoms with Crippen LogP contribution in [0, 0.1) is 29.6 Å². The van der Waals surface area contributed by atoms with Crippen LogP contribution in [0.3, 0.4) is 0 Å². The Bertz CT molecular complexity index is 1410. The fraction of sp³-hybridized carbons (Fsp3) is 0.346. The van der Waals surface area contributed by atoms with Gasteiger partial charge in [0.15, 0.2) is 0 Å². The lowest BCUT2D eigenvalue weighted by Crippen LogP contribution is -2.36. The smallest absolute Gasteiger partial charge is 0.228 e. The number of halogens is 2. The van der Waals surface area contributed by atoms with E-state index in [1.807, 2.05) is 6.07 Å². The number of hydrogen-bond acceptors (Lipinski definition) is 9. The van der Waals surface area contributed by atoms with Crippen LogP contribution in [0.2, 0.25) is 5.02 Å². The number of methoxy groups -OCH3 is 1. The number of nitrogens with zero attached hydrogens (tertiary/aromatic N) is 4. The molecule has 2 aromatic heterocycles. The molecule has 0 spiro atoms. The zero-order valence-electron chi connectivity index (χ0n) is 21.6. The van der Waals surface area contributed by atoms with E-state index in [-0.39, 0.29) is 5.41 Å². The number of pyridine rings is 2. The Labute approximate surface area is 220 Å². The number of fused-ring (bicyclic) bond motifs is 1. The van der Waals surface area contributed by atoms with E-state index in [1.165, 1.54) is 12.3 Å². The van der Waals surface area contributed by atoms with E-state index < -0.39 is 12.0 Å². The van der Waals surface area contributed by atoms with Gasteiger partial charge in [-0.15, -0.1) is 5.53 Å². The van der Waals surface area contributed by atoms with E-state index in [4.69, 9.17) is 16.3 Å². The van der Waals surface area contributed by atoms with Crippen molar-refractivity contribution in [1.29, 1.82) is 5.26 Å². The number of benzene rings is 1. The fourth-order valence-corrected chi connectivity index (χ4v) is 4.43. The van der Waals surface area contributed by atoms with Gasteiger partial charge >= 0.3 is 0 Å². The summed E-state index contributed by atoms with van der Waals surface area (Å²) in [6.07, 6.45) is 1.53. The van der Waals surface area contributed by atoms with Crippen LogP contribution in [0.25, 0.3) is 10.9 Å². The number of ether oxygens (including phenoxy) is 1. The predicted octanol–water partition coefficient (Wildman–Crippen LogP) is 4.98. The van der Waals surface area contributed by atoms with Crippen molar-refractivity contribution in [3.8, 4) is 6.07 Å². The quantitative estimate of drug-likeness (QED) is 0.318. The molecule has 1 aromatic carbocycles. The molecule has 3 heterocycles. The number of hydrazine groups is 2. The van der Waals surface area contributed by atoms with Crippen molar-refractivity contribution in [2.24, 2.45) is 5.41 Å². The second-order valence-corrected chi connectivity index (χ2v) is 10.4. The van der Waals surface area contributed by atoms with E-state index in [0.717, 1.165) is 5.56 Å². The van der Waals surface area contributed by atoms with E-state index in [2.05, 4.69) is 58.4 Å². The van der Waals surface area contributed by atoms with Crippen LogP contribution < -0.4 is 21.6 Å². The zero-order chi connectivity index (χ0) is 26.9. The highest BCUT2D eigenvalue weighted by molar-refractivity contribution is 6.35. The Hall–Kier alpha value is -3.81. The molecule has 0 aliphatic carbocycles. The predicted molar refractivity (Wildman–Crippen MR) is 143 cm³/mol. The van der Waals surface area contributed by atoms with Gasteiger partial charge in [0.1, 0.15) is 17.8 Å². The third kappa shape index (κ3) is 5.48. The van der Waals surface area contributed by atoms with Crippen molar-refractivity contribution in [2.75, 3.05) is 31.3 Å². The summed E-state index contributed by atoms with van der Waals surface area (Å²) in [6, 6.07) is 8.40. The number of rotatable bonds is 7. The molecule has 0 radical (unpaired) electrons. The van der Waals surface area contributed by atoms with Crippen LogP contribution in [0.1, 0.15) is 43.6 Å². The van der Waals surface area contributed by atoms with Gasteiger partial charge in [0, 0.05) is 42.1 Å².